The molecular weight excluding hydrogens is 302 g/mol. The molecule has 122 valence electrons. The van der Waals surface area contributed by atoms with Gasteiger partial charge in [-0.2, -0.15) is 0 Å². The van der Waals surface area contributed by atoms with Crippen LogP contribution in [0, 0.1) is 6.92 Å². The van der Waals surface area contributed by atoms with Crippen LogP contribution < -0.4 is 5.32 Å². The van der Waals surface area contributed by atoms with Crippen LogP contribution in [0.4, 0.5) is 0 Å². The first kappa shape index (κ1) is 14.9. The lowest BCUT2D eigenvalue weighted by atomic mass is 10.0. The Hall–Kier alpha value is -2.66. The van der Waals surface area contributed by atoms with Crippen LogP contribution in [-0.2, 0) is 24.4 Å². The maximum Gasteiger partial charge on any atom is 0.251 e. The van der Waals surface area contributed by atoms with E-state index in [0.717, 1.165) is 33.7 Å². The highest BCUT2D eigenvalue weighted by Crippen LogP contribution is 2.23. The summed E-state index contributed by atoms with van der Waals surface area (Å²) in [6.45, 7) is 3.73. The van der Waals surface area contributed by atoms with E-state index < -0.39 is 0 Å². The molecule has 4 rings (SSSR count). The number of hydrogen-bond donors (Lipinski definition) is 1. The van der Waals surface area contributed by atoms with Gasteiger partial charge in [-0.05, 0) is 36.2 Å². The largest absolute Gasteiger partial charge is 0.372 e. The average molecular weight is 321 g/mol. The minimum atomic E-state index is -0.0442. The normalized spacial score (nSPS) is 13.2. The minimum absolute atomic E-state index is 0.0442. The van der Waals surface area contributed by atoms with Crippen molar-refractivity contribution in [2.45, 2.75) is 26.6 Å². The molecular formula is C19H19N3O2. The number of carbonyl (C=O) groups is 1. The fourth-order valence-corrected chi connectivity index (χ4v) is 3.13. The fraction of sp³-hybridized carbons (Fsp3) is 0.263. The molecule has 0 spiro atoms. The molecule has 5 nitrogen and oxygen atoms in total. The third-order valence-electron chi connectivity index (χ3n) is 4.43. The zero-order valence-electron chi connectivity index (χ0n) is 13.6. The number of pyridine rings is 1. The third kappa shape index (κ3) is 2.67. The predicted octanol–water partition coefficient (Wildman–Crippen LogP) is 2.65. The molecule has 1 N–H and O–H groups in total. The monoisotopic (exact) mass is 321 g/mol. The molecule has 24 heavy (non-hydrogen) atoms. The van der Waals surface area contributed by atoms with Gasteiger partial charge >= 0.3 is 0 Å². The van der Waals surface area contributed by atoms with E-state index in [9.17, 15) is 4.79 Å². The van der Waals surface area contributed by atoms with Gasteiger partial charge < -0.3 is 14.5 Å². The summed E-state index contributed by atoms with van der Waals surface area (Å²) in [6, 6.07) is 11.8. The van der Waals surface area contributed by atoms with Crippen LogP contribution in [0.1, 0.15) is 32.9 Å². The number of amides is 1. The Morgan fingerprint density at radius 3 is 3.00 bits per heavy atom. The van der Waals surface area contributed by atoms with E-state index in [2.05, 4.69) is 27.7 Å². The number of nitrogens with zero attached hydrogens (tertiary/aromatic N) is 2. The fourth-order valence-electron chi connectivity index (χ4n) is 3.13. The van der Waals surface area contributed by atoms with Crippen LogP contribution in [-0.4, -0.2) is 21.8 Å². The number of ether oxygens (including phenoxy) is 1. The van der Waals surface area contributed by atoms with Gasteiger partial charge in [0.05, 0.1) is 18.9 Å². The molecule has 0 saturated heterocycles. The zero-order valence-corrected chi connectivity index (χ0v) is 13.6. The molecule has 1 amide bonds. The zero-order chi connectivity index (χ0) is 16.5. The molecule has 0 fully saturated rings. The van der Waals surface area contributed by atoms with Gasteiger partial charge in [0.2, 0.25) is 0 Å². The van der Waals surface area contributed by atoms with Crippen molar-refractivity contribution in [1.29, 1.82) is 0 Å². The summed E-state index contributed by atoms with van der Waals surface area (Å²) >= 11 is 0. The van der Waals surface area contributed by atoms with E-state index in [1.807, 2.05) is 36.5 Å². The number of nitrogens with one attached hydrogen (secondary N) is 1. The van der Waals surface area contributed by atoms with E-state index in [4.69, 9.17) is 4.74 Å². The van der Waals surface area contributed by atoms with Crippen LogP contribution >= 0.6 is 0 Å². The molecule has 3 aromatic rings. The smallest absolute Gasteiger partial charge is 0.251 e. The maximum atomic E-state index is 12.4. The molecule has 3 heterocycles. The van der Waals surface area contributed by atoms with Crippen molar-refractivity contribution in [3.63, 3.8) is 0 Å². The van der Waals surface area contributed by atoms with E-state index in [-0.39, 0.29) is 5.91 Å². The van der Waals surface area contributed by atoms with Crippen molar-refractivity contribution < 1.29 is 9.53 Å². The molecule has 0 radical (unpaired) electrons. The highest BCUT2D eigenvalue weighted by Gasteiger charge is 2.18. The van der Waals surface area contributed by atoms with Gasteiger partial charge in [0.1, 0.15) is 5.65 Å². The molecule has 0 unspecified atom stereocenters. The van der Waals surface area contributed by atoms with Crippen molar-refractivity contribution in [1.82, 2.24) is 14.7 Å². The van der Waals surface area contributed by atoms with Crippen molar-refractivity contribution in [2.24, 2.45) is 0 Å². The Morgan fingerprint density at radius 1 is 1.25 bits per heavy atom. The van der Waals surface area contributed by atoms with Crippen molar-refractivity contribution >= 4 is 11.6 Å². The van der Waals surface area contributed by atoms with E-state index >= 15 is 0 Å². The van der Waals surface area contributed by atoms with Crippen molar-refractivity contribution in [3.05, 3.63) is 70.7 Å². The summed E-state index contributed by atoms with van der Waals surface area (Å²) in [7, 11) is 0. The lowest BCUT2D eigenvalue weighted by molar-refractivity contribution is 0.0948. The number of fused-ring (bicyclic) bond motifs is 2. The van der Waals surface area contributed by atoms with Crippen molar-refractivity contribution in [3.8, 4) is 0 Å². The Morgan fingerprint density at radius 2 is 2.12 bits per heavy atom. The van der Waals surface area contributed by atoms with Crippen molar-refractivity contribution in [2.75, 3.05) is 6.54 Å². The topological polar surface area (TPSA) is 55.6 Å². The molecule has 1 aliphatic rings. The lowest BCUT2D eigenvalue weighted by Crippen LogP contribution is -2.26. The lowest BCUT2D eigenvalue weighted by Gasteiger charge is -2.07. The molecule has 0 atom stereocenters. The van der Waals surface area contributed by atoms with Crippen LogP contribution in [0.25, 0.3) is 5.65 Å². The van der Waals surface area contributed by atoms with Gasteiger partial charge in [-0.15, -0.1) is 0 Å². The molecule has 0 saturated carbocycles. The number of hydrogen-bond acceptors (Lipinski definition) is 3. The maximum absolute atomic E-state index is 12.4. The average Bonchev–Trinajstić information content (AvgIpc) is 3.21. The first-order valence-electron chi connectivity index (χ1n) is 8.13. The number of aryl methyl sites for hydroxylation is 1. The summed E-state index contributed by atoms with van der Waals surface area (Å²) in [6.07, 6.45) is 2.74. The highest BCUT2D eigenvalue weighted by atomic mass is 16.5. The van der Waals surface area contributed by atoms with Crippen LogP contribution in [0.3, 0.4) is 0 Å². The molecule has 5 heteroatoms. The standard InChI is InChI=1S/C19H19N3O2/c1-13-4-2-7-18-21-15(10-22(13)18)8-9-20-19(23)16-6-3-5-14-11-24-12-17(14)16/h2-7,10H,8-9,11-12H2,1H3,(H,20,23). The van der Waals surface area contributed by atoms with Gasteiger partial charge in [0, 0.05) is 30.4 Å². The second-order valence-electron chi connectivity index (χ2n) is 6.07. The Labute approximate surface area is 140 Å². The third-order valence-corrected chi connectivity index (χ3v) is 4.43. The second-order valence-corrected chi connectivity index (χ2v) is 6.07. The summed E-state index contributed by atoms with van der Waals surface area (Å²) in [5, 5.41) is 2.99. The highest BCUT2D eigenvalue weighted by molar-refractivity contribution is 5.96. The number of benzene rings is 1. The molecule has 1 aromatic carbocycles. The molecule has 0 bridgehead atoms. The summed E-state index contributed by atoms with van der Waals surface area (Å²) < 4.78 is 7.50. The number of imidazole rings is 1. The van der Waals surface area contributed by atoms with E-state index in [1.165, 1.54) is 0 Å². The Bertz CT molecular complexity index is 914. The van der Waals surface area contributed by atoms with Gasteiger partial charge in [-0.25, -0.2) is 4.98 Å². The molecule has 0 aliphatic carbocycles. The van der Waals surface area contributed by atoms with Gasteiger partial charge in [0.15, 0.2) is 0 Å². The van der Waals surface area contributed by atoms with Gasteiger partial charge in [-0.1, -0.05) is 18.2 Å². The predicted molar refractivity (Wildman–Crippen MR) is 90.9 cm³/mol. The summed E-state index contributed by atoms with van der Waals surface area (Å²) in [4.78, 5) is 17.0. The van der Waals surface area contributed by atoms with E-state index in [0.29, 0.717) is 26.2 Å². The van der Waals surface area contributed by atoms with Crippen LogP contribution in [0.15, 0.2) is 42.6 Å². The van der Waals surface area contributed by atoms with Crippen LogP contribution in [0.5, 0.6) is 0 Å². The first-order chi connectivity index (χ1) is 11.7. The Kier molecular flexibility index (Phi) is 3.78. The minimum Gasteiger partial charge on any atom is -0.372 e. The second kappa shape index (κ2) is 6.09. The number of carbonyl (C=O) groups excluding carboxylic acids is 1. The Balaban J connectivity index is 1.43. The molecule has 2 aromatic heterocycles. The van der Waals surface area contributed by atoms with E-state index in [1.54, 1.807) is 0 Å². The van der Waals surface area contributed by atoms with Gasteiger partial charge in [-0.3, -0.25) is 4.79 Å². The van der Waals surface area contributed by atoms with Crippen LogP contribution in [0.2, 0.25) is 0 Å². The first-order valence-corrected chi connectivity index (χ1v) is 8.13. The molecule has 1 aliphatic heterocycles. The van der Waals surface area contributed by atoms with Gasteiger partial charge in [0.25, 0.3) is 5.91 Å². The quantitative estimate of drug-likeness (QED) is 0.804. The summed E-state index contributed by atoms with van der Waals surface area (Å²) in [5.41, 5.74) is 5.91. The SMILES string of the molecule is Cc1cccc2nc(CCNC(=O)c3cccc4c3COC4)cn12. The number of aromatic nitrogens is 2. The summed E-state index contributed by atoms with van der Waals surface area (Å²) in [5.74, 6) is -0.0442. The number of rotatable bonds is 4.